The van der Waals surface area contributed by atoms with E-state index in [1.165, 1.54) is 7.11 Å². The van der Waals surface area contributed by atoms with Crippen LogP contribution in [0.2, 0.25) is 0 Å². The van der Waals surface area contributed by atoms with Gasteiger partial charge in [-0.25, -0.2) is 4.39 Å². The van der Waals surface area contributed by atoms with Crippen LogP contribution in [0.15, 0.2) is 18.2 Å². The first-order valence-corrected chi connectivity index (χ1v) is 5.25. The van der Waals surface area contributed by atoms with E-state index in [0.717, 1.165) is 18.4 Å². The van der Waals surface area contributed by atoms with Gasteiger partial charge in [-0.2, -0.15) is 0 Å². The molecule has 0 saturated heterocycles. The number of hydrogen-bond acceptors (Lipinski definition) is 2. The number of rotatable bonds is 3. The molecule has 2 nitrogen and oxygen atoms in total. The lowest BCUT2D eigenvalue weighted by molar-refractivity contribution is 0.306. The average Bonchev–Trinajstić information content (AvgIpc) is 2.16. The number of nitrogens with one attached hydrogen (secondary N) is 1. The van der Waals surface area contributed by atoms with Gasteiger partial charge in [0.2, 0.25) is 0 Å². The summed E-state index contributed by atoms with van der Waals surface area (Å²) >= 11 is 0. The van der Waals surface area contributed by atoms with E-state index in [1.807, 2.05) is 13.1 Å². The van der Waals surface area contributed by atoms with Gasteiger partial charge in [0.25, 0.3) is 0 Å². The Bertz CT molecular complexity index is 347. The Morgan fingerprint density at radius 3 is 2.67 bits per heavy atom. The van der Waals surface area contributed by atoms with Crippen molar-refractivity contribution in [2.24, 2.45) is 0 Å². The van der Waals surface area contributed by atoms with Gasteiger partial charge in [0.05, 0.1) is 7.11 Å². The minimum atomic E-state index is -0.261. The van der Waals surface area contributed by atoms with E-state index in [9.17, 15) is 4.39 Å². The largest absolute Gasteiger partial charge is 0.494 e. The Labute approximate surface area is 89.4 Å². The molecule has 0 atom stereocenters. The van der Waals surface area contributed by atoms with Crippen LogP contribution in [-0.4, -0.2) is 20.2 Å². The molecule has 0 aliphatic heterocycles. The van der Waals surface area contributed by atoms with E-state index < -0.39 is 0 Å². The van der Waals surface area contributed by atoms with Crippen LogP contribution in [0.3, 0.4) is 0 Å². The van der Waals surface area contributed by atoms with Gasteiger partial charge in [0.1, 0.15) is 0 Å². The lowest BCUT2D eigenvalue weighted by Gasteiger charge is -2.35. The molecule has 15 heavy (non-hydrogen) atoms. The summed E-state index contributed by atoms with van der Waals surface area (Å²) in [5.74, 6) is 0.564. The van der Waals surface area contributed by atoms with Crippen molar-refractivity contribution in [1.29, 1.82) is 0 Å². The van der Waals surface area contributed by atoms with Crippen LogP contribution in [0.25, 0.3) is 0 Å². The molecule has 0 bridgehead atoms. The van der Waals surface area contributed by atoms with E-state index in [2.05, 4.69) is 5.32 Å². The first-order chi connectivity index (χ1) is 7.24. The maximum absolute atomic E-state index is 13.4. The zero-order chi connectivity index (χ0) is 10.8. The summed E-state index contributed by atoms with van der Waals surface area (Å²) in [6.45, 7) is 0. The second kappa shape index (κ2) is 4.19. The van der Waals surface area contributed by atoms with Crippen LogP contribution < -0.4 is 10.1 Å². The number of methoxy groups -OCH3 is 1. The Kier molecular flexibility index (Phi) is 2.91. The quantitative estimate of drug-likeness (QED) is 0.824. The molecular weight excluding hydrogens is 193 g/mol. The predicted octanol–water partition coefficient (Wildman–Crippen LogP) is 2.30. The van der Waals surface area contributed by atoms with Crippen LogP contribution in [0.1, 0.15) is 24.3 Å². The van der Waals surface area contributed by atoms with Gasteiger partial charge in [-0.15, -0.1) is 0 Å². The van der Waals surface area contributed by atoms with Gasteiger partial charge in [-0.3, -0.25) is 0 Å². The van der Waals surface area contributed by atoms with Gasteiger partial charge in [0, 0.05) is 6.04 Å². The normalized spacial score (nSPS) is 24.7. The van der Waals surface area contributed by atoms with Crippen LogP contribution in [0.5, 0.6) is 5.75 Å². The van der Waals surface area contributed by atoms with E-state index in [0.29, 0.717) is 17.7 Å². The molecule has 0 spiro atoms. The lowest BCUT2D eigenvalue weighted by atomic mass is 9.76. The fraction of sp³-hybridized carbons (Fsp3) is 0.500. The van der Waals surface area contributed by atoms with Crippen molar-refractivity contribution in [3.8, 4) is 5.75 Å². The second-order valence-corrected chi connectivity index (χ2v) is 4.05. The maximum Gasteiger partial charge on any atom is 0.165 e. The highest BCUT2D eigenvalue weighted by atomic mass is 19.1. The molecule has 1 saturated carbocycles. The van der Waals surface area contributed by atoms with E-state index in [-0.39, 0.29) is 5.82 Å². The topological polar surface area (TPSA) is 21.3 Å². The zero-order valence-electron chi connectivity index (χ0n) is 9.09. The fourth-order valence-corrected chi connectivity index (χ4v) is 2.06. The van der Waals surface area contributed by atoms with Gasteiger partial charge in [-0.05, 0) is 43.5 Å². The molecule has 82 valence electrons. The number of hydrogen-bond donors (Lipinski definition) is 1. The Morgan fingerprint density at radius 1 is 1.40 bits per heavy atom. The monoisotopic (exact) mass is 209 g/mol. The van der Waals surface area contributed by atoms with Gasteiger partial charge >= 0.3 is 0 Å². The van der Waals surface area contributed by atoms with E-state index in [4.69, 9.17) is 4.74 Å². The maximum atomic E-state index is 13.4. The lowest BCUT2D eigenvalue weighted by Crippen LogP contribution is -2.37. The minimum Gasteiger partial charge on any atom is -0.494 e. The van der Waals surface area contributed by atoms with E-state index >= 15 is 0 Å². The molecule has 1 aliphatic carbocycles. The summed E-state index contributed by atoms with van der Waals surface area (Å²) in [5, 5.41) is 3.22. The molecule has 0 radical (unpaired) electrons. The first-order valence-electron chi connectivity index (χ1n) is 5.25. The van der Waals surface area contributed by atoms with Crippen molar-refractivity contribution in [2.45, 2.75) is 24.8 Å². The fourth-order valence-electron chi connectivity index (χ4n) is 2.06. The Morgan fingerprint density at radius 2 is 2.13 bits per heavy atom. The molecule has 1 aromatic rings. The molecule has 1 aliphatic rings. The predicted molar refractivity (Wildman–Crippen MR) is 57.8 cm³/mol. The SMILES string of the molecule is CNC1CC(c2ccc(OC)c(F)c2)C1. The Balaban J connectivity index is 2.08. The summed E-state index contributed by atoms with van der Waals surface area (Å²) in [4.78, 5) is 0. The molecule has 2 rings (SSSR count). The van der Waals surface area contributed by atoms with Crippen molar-refractivity contribution in [1.82, 2.24) is 5.32 Å². The molecule has 0 heterocycles. The number of ether oxygens (including phenoxy) is 1. The third-order valence-electron chi connectivity index (χ3n) is 3.19. The average molecular weight is 209 g/mol. The zero-order valence-corrected chi connectivity index (χ0v) is 9.09. The second-order valence-electron chi connectivity index (χ2n) is 4.05. The van der Waals surface area contributed by atoms with Crippen LogP contribution in [-0.2, 0) is 0 Å². The van der Waals surface area contributed by atoms with Crippen molar-refractivity contribution >= 4 is 0 Å². The summed E-state index contributed by atoms with van der Waals surface area (Å²) in [6.07, 6.45) is 2.20. The van der Waals surface area contributed by atoms with Gasteiger partial charge < -0.3 is 10.1 Å². The third-order valence-corrected chi connectivity index (χ3v) is 3.19. The van der Waals surface area contributed by atoms with Crippen LogP contribution in [0, 0.1) is 5.82 Å². The van der Waals surface area contributed by atoms with Crippen molar-refractivity contribution in [3.05, 3.63) is 29.6 Å². The standard InChI is InChI=1S/C12H16FNO/c1-14-10-5-9(6-10)8-3-4-12(15-2)11(13)7-8/h3-4,7,9-10,14H,5-6H2,1-2H3. The summed E-state index contributed by atoms with van der Waals surface area (Å²) in [7, 11) is 3.45. The number of halogens is 1. The molecule has 1 N–H and O–H groups in total. The molecule has 0 aromatic heterocycles. The molecule has 1 aromatic carbocycles. The molecule has 1 fully saturated rings. The van der Waals surface area contributed by atoms with Crippen molar-refractivity contribution < 1.29 is 9.13 Å². The first kappa shape index (κ1) is 10.4. The van der Waals surface area contributed by atoms with Gasteiger partial charge in [-0.1, -0.05) is 6.07 Å². The van der Waals surface area contributed by atoms with Crippen LogP contribution in [0.4, 0.5) is 4.39 Å². The van der Waals surface area contributed by atoms with E-state index in [1.54, 1.807) is 12.1 Å². The molecule has 3 heteroatoms. The third kappa shape index (κ3) is 1.97. The van der Waals surface area contributed by atoms with Crippen molar-refractivity contribution in [3.63, 3.8) is 0 Å². The van der Waals surface area contributed by atoms with Crippen LogP contribution >= 0.6 is 0 Å². The molecule has 0 amide bonds. The molecule has 0 unspecified atom stereocenters. The molecular formula is C12H16FNO. The highest BCUT2D eigenvalue weighted by Crippen LogP contribution is 2.37. The smallest absolute Gasteiger partial charge is 0.165 e. The number of benzene rings is 1. The minimum absolute atomic E-state index is 0.261. The summed E-state index contributed by atoms with van der Waals surface area (Å²) in [6, 6.07) is 5.85. The summed E-state index contributed by atoms with van der Waals surface area (Å²) < 4.78 is 18.3. The Hall–Kier alpha value is -1.09. The highest BCUT2D eigenvalue weighted by molar-refractivity contribution is 5.32. The highest BCUT2D eigenvalue weighted by Gasteiger charge is 2.29. The summed E-state index contributed by atoms with van der Waals surface area (Å²) in [5.41, 5.74) is 1.08. The van der Waals surface area contributed by atoms with Gasteiger partial charge in [0.15, 0.2) is 11.6 Å². The van der Waals surface area contributed by atoms with Crippen molar-refractivity contribution in [2.75, 3.05) is 14.2 Å².